The summed E-state index contributed by atoms with van der Waals surface area (Å²) in [6.45, 7) is 1.20. The Labute approximate surface area is 144 Å². The molecule has 5 nitrogen and oxygen atoms in total. The van der Waals surface area contributed by atoms with Crippen LogP contribution in [0, 0.1) is 11.3 Å². The molecule has 1 N–H and O–H groups in total. The molecule has 2 aromatic rings. The fourth-order valence-electron chi connectivity index (χ4n) is 2.06. The van der Waals surface area contributed by atoms with E-state index >= 15 is 0 Å². The molecule has 0 aliphatic carbocycles. The number of hydrogen-bond acceptors (Lipinski definition) is 4. The molecule has 0 fully saturated rings. The first-order valence-electron chi connectivity index (χ1n) is 7.18. The Morgan fingerprint density at radius 1 is 1.17 bits per heavy atom. The summed E-state index contributed by atoms with van der Waals surface area (Å²) < 4.78 is 5.42. The first kappa shape index (κ1) is 17.5. The van der Waals surface area contributed by atoms with Gasteiger partial charge in [0.1, 0.15) is 18.3 Å². The number of nitrogens with zero attached hydrogens (tertiary/aromatic N) is 1. The van der Waals surface area contributed by atoms with Gasteiger partial charge in [0.05, 0.1) is 6.07 Å². The highest BCUT2D eigenvalue weighted by atomic mass is 35.5. The van der Waals surface area contributed by atoms with Crippen LogP contribution in [0.4, 0.5) is 5.69 Å². The third-order valence-corrected chi connectivity index (χ3v) is 3.46. The number of anilines is 1. The molecule has 0 aliphatic rings. The lowest BCUT2D eigenvalue weighted by Gasteiger charge is -2.11. The molecule has 0 heterocycles. The number of nitrogens with one attached hydrogen (secondary N) is 1. The van der Waals surface area contributed by atoms with Crippen LogP contribution in [0.3, 0.4) is 0 Å². The Bertz CT molecular complexity index is 764. The number of hydrogen-bond donors (Lipinski definition) is 1. The number of amides is 1. The standard InChI is InChI=1S/C18H15ClN2O3/c1-12(22)21-15-6-8-16(9-7-15)24-11-18(23)17(10-20)13-2-4-14(19)5-3-13/h2-9,17H,11H2,1H3,(H,21,22). The van der Waals surface area contributed by atoms with Gasteiger partial charge in [-0.2, -0.15) is 5.26 Å². The highest BCUT2D eigenvalue weighted by Gasteiger charge is 2.20. The lowest BCUT2D eigenvalue weighted by molar-refractivity contribution is -0.121. The van der Waals surface area contributed by atoms with Crippen LogP contribution in [0.15, 0.2) is 48.5 Å². The second-order valence-corrected chi connectivity index (χ2v) is 5.51. The molecule has 0 saturated carbocycles. The van der Waals surface area contributed by atoms with E-state index in [0.29, 0.717) is 22.0 Å². The molecular weight excluding hydrogens is 328 g/mol. The predicted octanol–water partition coefficient (Wildman–Crippen LogP) is 3.55. The normalized spacial score (nSPS) is 11.2. The number of ether oxygens (including phenoxy) is 1. The average Bonchev–Trinajstić information content (AvgIpc) is 2.56. The minimum atomic E-state index is -0.902. The predicted molar refractivity (Wildman–Crippen MR) is 91.1 cm³/mol. The van der Waals surface area contributed by atoms with E-state index in [2.05, 4.69) is 5.32 Å². The maximum Gasteiger partial charge on any atom is 0.221 e. The molecule has 0 bridgehead atoms. The summed E-state index contributed by atoms with van der Waals surface area (Å²) in [6, 6.07) is 15.2. The van der Waals surface area contributed by atoms with Gasteiger partial charge in [-0.15, -0.1) is 0 Å². The molecule has 1 unspecified atom stereocenters. The molecule has 1 atom stereocenters. The Morgan fingerprint density at radius 3 is 2.33 bits per heavy atom. The van der Waals surface area contributed by atoms with E-state index in [1.807, 2.05) is 6.07 Å². The molecule has 2 rings (SSSR count). The summed E-state index contributed by atoms with van der Waals surface area (Å²) in [7, 11) is 0. The van der Waals surface area contributed by atoms with Crippen molar-refractivity contribution in [2.75, 3.05) is 11.9 Å². The molecule has 2 aromatic carbocycles. The topological polar surface area (TPSA) is 79.2 Å². The third kappa shape index (κ3) is 4.83. The quantitative estimate of drug-likeness (QED) is 0.870. The van der Waals surface area contributed by atoms with Gasteiger partial charge in [-0.25, -0.2) is 0 Å². The van der Waals surface area contributed by atoms with E-state index in [9.17, 15) is 14.9 Å². The van der Waals surface area contributed by atoms with E-state index in [1.165, 1.54) is 6.92 Å². The first-order chi connectivity index (χ1) is 11.5. The van der Waals surface area contributed by atoms with Gasteiger partial charge in [-0.3, -0.25) is 9.59 Å². The maximum atomic E-state index is 12.2. The zero-order valence-corrected chi connectivity index (χ0v) is 13.7. The van der Waals surface area contributed by atoms with E-state index < -0.39 is 5.92 Å². The van der Waals surface area contributed by atoms with Gasteiger partial charge >= 0.3 is 0 Å². The van der Waals surface area contributed by atoms with E-state index in [-0.39, 0.29) is 18.3 Å². The van der Waals surface area contributed by atoms with Crippen molar-refractivity contribution < 1.29 is 14.3 Å². The fourth-order valence-corrected chi connectivity index (χ4v) is 2.19. The molecule has 0 aromatic heterocycles. The van der Waals surface area contributed by atoms with Crippen molar-refractivity contribution in [3.8, 4) is 11.8 Å². The van der Waals surface area contributed by atoms with Gasteiger partial charge in [0.15, 0.2) is 5.78 Å². The largest absolute Gasteiger partial charge is 0.486 e. The van der Waals surface area contributed by atoms with Crippen molar-refractivity contribution in [2.24, 2.45) is 0 Å². The van der Waals surface area contributed by atoms with Crippen LogP contribution < -0.4 is 10.1 Å². The Morgan fingerprint density at radius 2 is 1.79 bits per heavy atom. The molecule has 0 spiro atoms. The lowest BCUT2D eigenvalue weighted by Crippen LogP contribution is -2.19. The van der Waals surface area contributed by atoms with E-state index in [0.717, 1.165) is 0 Å². The number of Topliss-reactive ketones (excluding diaryl/α,β-unsaturated/α-hetero) is 1. The number of carbonyl (C=O) groups excluding carboxylic acids is 2. The van der Waals surface area contributed by atoms with Crippen LogP contribution in [-0.2, 0) is 9.59 Å². The van der Waals surface area contributed by atoms with Gasteiger partial charge in [0.25, 0.3) is 0 Å². The minimum absolute atomic E-state index is 0.168. The second kappa shape index (κ2) is 8.14. The van der Waals surface area contributed by atoms with Gasteiger partial charge < -0.3 is 10.1 Å². The molecule has 0 radical (unpaired) electrons. The van der Waals surface area contributed by atoms with Crippen molar-refractivity contribution in [3.05, 3.63) is 59.1 Å². The van der Waals surface area contributed by atoms with Crippen LogP contribution in [0.5, 0.6) is 5.75 Å². The monoisotopic (exact) mass is 342 g/mol. The van der Waals surface area contributed by atoms with Crippen LogP contribution in [0.1, 0.15) is 18.4 Å². The number of ketones is 1. The molecule has 0 aliphatic heterocycles. The maximum absolute atomic E-state index is 12.2. The third-order valence-electron chi connectivity index (χ3n) is 3.21. The summed E-state index contributed by atoms with van der Waals surface area (Å²) >= 11 is 5.81. The minimum Gasteiger partial charge on any atom is -0.486 e. The highest BCUT2D eigenvalue weighted by molar-refractivity contribution is 6.30. The van der Waals surface area contributed by atoms with Crippen LogP contribution >= 0.6 is 11.6 Å². The lowest BCUT2D eigenvalue weighted by atomic mass is 9.96. The number of halogens is 1. The molecular formula is C18H15ClN2O3. The van der Waals surface area contributed by atoms with Gasteiger partial charge in [0.2, 0.25) is 5.91 Å². The van der Waals surface area contributed by atoms with Crippen LogP contribution in [0.2, 0.25) is 5.02 Å². The van der Waals surface area contributed by atoms with Crippen LogP contribution in [0.25, 0.3) is 0 Å². The molecule has 24 heavy (non-hydrogen) atoms. The smallest absolute Gasteiger partial charge is 0.221 e. The summed E-state index contributed by atoms with van der Waals surface area (Å²) in [4.78, 5) is 23.2. The van der Waals surface area contributed by atoms with Crippen molar-refractivity contribution in [1.82, 2.24) is 0 Å². The Kier molecular flexibility index (Phi) is 5.94. The SMILES string of the molecule is CC(=O)Nc1ccc(OCC(=O)C(C#N)c2ccc(Cl)cc2)cc1. The van der Waals surface area contributed by atoms with Gasteiger partial charge in [-0.1, -0.05) is 23.7 Å². The summed E-state index contributed by atoms with van der Waals surface area (Å²) in [5.41, 5.74) is 1.22. The number of nitriles is 1. The molecule has 122 valence electrons. The van der Waals surface area contributed by atoms with Gasteiger partial charge in [0, 0.05) is 17.6 Å². The summed E-state index contributed by atoms with van der Waals surface area (Å²) in [5.74, 6) is -0.935. The molecule has 0 saturated heterocycles. The highest BCUT2D eigenvalue weighted by Crippen LogP contribution is 2.20. The summed E-state index contributed by atoms with van der Waals surface area (Å²) in [5, 5.41) is 12.4. The van der Waals surface area contributed by atoms with Crippen molar-refractivity contribution in [1.29, 1.82) is 5.26 Å². The Hall–Kier alpha value is -2.84. The second-order valence-electron chi connectivity index (χ2n) is 5.07. The van der Waals surface area contributed by atoms with Crippen LogP contribution in [-0.4, -0.2) is 18.3 Å². The molecule has 1 amide bonds. The first-order valence-corrected chi connectivity index (χ1v) is 7.55. The van der Waals surface area contributed by atoms with Crippen molar-refractivity contribution in [2.45, 2.75) is 12.8 Å². The molecule has 6 heteroatoms. The summed E-state index contributed by atoms with van der Waals surface area (Å²) in [6.07, 6.45) is 0. The van der Waals surface area contributed by atoms with Gasteiger partial charge in [-0.05, 0) is 42.0 Å². The zero-order chi connectivity index (χ0) is 17.5. The Balaban J connectivity index is 1.97. The van der Waals surface area contributed by atoms with E-state index in [1.54, 1.807) is 48.5 Å². The average molecular weight is 343 g/mol. The number of carbonyl (C=O) groups is 2. The van der Waals surface area contributed by atoms with Crippen molar-refractivity contribution in [3.63, 3.8) is 0 Å². The fraction of sp³-hybridized carbons (Fsp3) is 0.167. The number of rotatable bonds is 6. The van der Waals surface area contributed by atoms with Crippen molar-refractivity contribution >= 4 is 29.0 Å². The zero-order valence-electron chi connectivity index (χ0n) is 13.0. The number of benzene rings is 2. The van der Waals surface area contributed by atoms with E-state index in [4.69, 9.17) is 16.3 Å².